The highest BCUT2D eigenvalue weighted by molar-refractivity contribution is 5.81. The number of carboxylic acids is 1. The lowest BCUT2D eigenvalue weighted by molar-refractivity contribution is -0.140. The minimum atomic E-state index is -0.741. The first-order chi connectivity index (χ1) is 9.38. The molecule has 1 aromatic carbocycles. The standard InChI is InChI=1S/C12H14O2.C4H8O2/c1-3-12(13)14-9-10(2)11-7-5-4-6-8-11;1-3(2)4(5)6/h3-8,10H,1,9H2,2H3;3H,1-2H3,(H,5,6). The molecule has 0 aliphatic rings. The Bertz CT molecular complexity index is 423. The molecule has 1 aromatic rings. The summed E-state index contributed by atoms with van der Waals surface area (Å²) >= 11 is 0. The van der Waals surface area contributed by atoms with Gasteiger partial charge in [0.05, 0.1) is 12.5 Å². The average molecular weight is 278 g/mol. The van der Waals surface area contributed by atoms with Gasteiger partial charge in [-0.05, 0) is 5.56 Å². The van der Waals surface area contributed by atoms with Crippen molar-refractivity contribution in [2.45, 2.75) is 26.7 Å². The van der Waals surface area contributed by atoms with Crippen molar-refractivity contribution < 1.29 is 19.4 Å². The number of carbonyl (C=O) groups is 2. The second-order valence-electron chi connectivity index (χ2n) is 4.64. The predicted octanol–water partition coefficient (Wildman–Crippen LogP) is 3.25. The van der Waals surface area contributed by atoms with Gasteiger partial charge in [-0.2, -0.15) is 0 Å². The molecule has 0 fully saturated rings. The van der Waals surface area contributed by atoms with Crippen LogP contribution in [0.15, 0.2) is 43.0 Å². The molecule has 0 heterocycles. The smallest absolute Gasteiger partial charge is 0.330 e. The summed E-state index contributed by atoms with van der Waals surface area (Å²) in [5.74, 6) is -1.12. The van der Waals surface area contributed by atoms with Gasteiger partial charge in [-0.15, -0.1) is 0 Å². The Morgan fingerprint density at radius 2 is 1.75 bits per heavy atom. The molecule has 1 N–H and O–H groups in total. The van der Waals surface area contributed by atoms with E-state index in [-0.39, 0.29) is 17.8 Å². The van der Waals surface area contributed by atoms with Crippen LogP contribution in [0, 0.1) is 5.92 Å². The fraction of sp³-hybridized carbons (Fsp3) is 0.375. The molecular formula is C16H22O4. The molecule has 4 nitrogen and oxygen atoms in total. The Kier molecular flexibility index (Phi) is 8.75. The van der Waals surface area contributed by atoms with Gasteiger partial charge in [0.25, 0.3) is 0 Å². The normalized spacial score (nSPS) is 11.0. The van der Waals surface area contributed by atoms with Crippen molar-refractivity contribution in [1.82, 2.24) is 0 Å². The molecular weight excluding hydrogens is 256 g/mol. The van der Waals surface area contributed by atoms with Gasteiger partial charge in [0.1, 0.15) is 0 Å². The van der Waals surface area contributed by atoms with Gasteiger partial charge >= 0.3 is 11.9 Å². The number of carboxylic acid groups (broad SMARTS) is 1. The molecule has 0 saturated carbocycles. The molecule has 0 amide bonds. The average Bonchev–Trinajstić information content (AvgIpc) is 2.45. The van der Waals surface area contributed by atoms with E-state index in [1.54, 1.807) is 13.8 Å². The van der Waals surface area contributed by atoms with E-state index in [9.17, 15) is 9.59 Å². The van der Waals surface area contributed by atoms with Crippen LogP contribution in [0.4, 0.5) is 0 Å². The van der Waals surface area contributed by atoms with Crippen molar-refractivity contribution in [3.8, 4) is 0 Å². The number of esters is 1. The third-order valence-corrected chi connectivity index (χ3v) is 2.50. The van der Waals surface area contributed by atoms with Crippen molar-refractivity contribution in [2.24, 2.45) is 5.92 Å². The van der Waals surface area contributed by atoms with Crippen molar-refractivity contribution >= 4 is 11.9 Å². The minimum Gasteiger partial charge on any atom is -0.481 e. The Balaban J connectivity index is 0.000000511. The van der Waals surface area contributed by atoms with Gasteiger partial charge in [-0.1, -0.05) is 57.7 Å². The van der Waals surface area contributed by atoms with Crippen LogP contribution in [0.1, 0.15) is 32.3 Å². The second kappa shape index (κ2) is 9.78. The van der Waals surface area contributed by atoms with Crippen LogP contribution in [0.25, 0.3) is 0 Å². The summed E-state index contributed by atoms with van der Waals surface area (Å²) in [5.41, 5.74) is 1.17. The zero-order chi connectivity index (χ0) is 15.5. The first-order valence-electron chi connectivity index (χ1n) is 6.45. The molecule has 110 valence electrons. The summed E-state index contributed by atoms with van der Waals surface area (Å²) in [6.07, 6.45) is 1.18. The molecule has 0 spiro atoms. The summed E-state index contributed by atoms with van der Waals surface area (Å²) in [4.78, 5) is 20.5. The first kappa shape index (κ1) is 17.9. The summed E-state index contributed by atoms with van der Waals surface area (Å²) in [6, 6.07) is 9.95. The lowest BCUT2D eigenvalue weighted by Crippen LogP contribution is -2.08. The zero-order valence-electron chi connectivity index (χ0n) is 12.2. The number of aliphatic carboxylic acids is 1. The Hall–Kier alpha value is -2.10. The topological polar surface area (TPSA) is 63.6 Å². The number of hydrogen-bond donors (Lipinski definition) is 1. The molecule has 0 aliphatic heterocycles. The van der Waals surface area contributed by atoms with Crippen LogP contribution in [-0.4, -0.2) is 23.7 Å². The summed E-state index contributed by atoms with van der Waals surface area (Å²) in [6.45, 7) is 9.04. The lowest BCUT2D eigenvalue weighted by Gasteiger charge is -2.10. The molecule has 1 rings (SSSR count). The predicted molar refractivity (Wildman–Crippen MR) is 78.5 cm³/mol. The molecule has 0 radical (unpaired) electrons. The second-order valence-corrected chi connectivity index (χ2v) is 4.64. The van der Waals surface area contributed by atoms with Gasteiger partial charge in [0.15, 0.2) is 0 Å². The maximum absolute atomic E-state index is 10.8. The molecule has 0 aromatic heterocycles. The summed E-state index contributed by atoms with van der Waals surface area (Å²) in [7, 11) is 0. The van der Waals surface area contributed by atoms with Crippen LogP contribution in [0.2, 0.25) is 0 Å². The lowest BCUT2D eigenvalue weighted by atomic mass is 10.0. The van der Waals surface area contributed by atoms with Crippen molar-refractivity contribution in [3.63, 3.8) is 0 Å². The quantitative estimate of drug-likeness (QED) is 0.663. The third kappa shape index (κ3) is 8.08. The van der Waals surface area contributed by atoms with Crippen LogP contribution in [0.5, 0.6) is 0 Å². The number of carbonyl (C=O) groups excluding carboxylic acids is 1. The third-order valence-electron chi connectivity index (χ3n) is 2.50. The van der Waals surface area contributed by atoms with E-state index >= 15 is 0 Å². The Labute approximate surface area is 120 Å². The van der Waals surface area contributed by atoms with Crippen LogP contribution >= 0.6 is 0 Å². The van der Waals surface area contributed by atoms with E-state index in [2.05, 4.69) is 6.58 Å². The number of rotatable bonds is 5. The Morgan fingerprint density at radius 3 is 2.15 bits per heavy atom. The summed E-state index contributed by atoms with van der Waals surface area (Å²) < 4.78 is 4.95. The fourth-order valence-electron chi connectivity index (χ4n) is 1.14. The van der Waals surface area contributed by atoms with E-state index in [1.165, 1.54) is 11.6 Å². The summed E-state index contributed by atoms with van der Waals surface area (Å²) in [5, 5.41) is 7.99. The van der Waals surface area contributed by atoms with E-state index in [0.717, 1.165) is 0 Å². The Morgan fingerprint density at radius 1 is 1.25 bits per heavy atom. The van der Waals surface area contributed by atoms with Gasteiger partial charge in [-0.3, -0.25) is 4.79 Å². The monoisotopic (exact) mass is 278 g/mol. The highest BCUT2D eigenvalue weighted by atomic mass is 16.5. The van der Waals surface area contributed by atoms with Crippen LogP contribution < -0.4 is 0 Å². The van der Waals surface area contributed by atoms with E-state index in [0.29, 0.717) is 6.61 Å². The van der Waals surface area contributed by atoms with Gasteiger partial charge < -0.3 is 9.84 Å². The van der Waals surface area contributed by atoms with Crippen molar-refractivity contribution in [3.05, 3.63) is 48.6 Å². The molecule has 1 atom stereocenters. The highest BCUT2D eigenvalue weighted by Crippen LogP contribution is 2.14. The maximum Gasteiger partial charge on any atom is 0.330 e. The van der Waals surface area contributed by atoms with E-state index in [4.69, 9.17) is 9.84 Å². The number of hydrogen-bond acceptors (Lipinski definition) is 3. The van der Waals surface area contributed by atoms with E-state index in [1.807, 2.05) is 37.3 Å². The van der Waals surface area contributed by atoms with Crippen molar-refractivity contribution in [2.75, 3.05) is 6.61 Å². The SMILES string of the molecule is C=CC(=O)OCC(C)c1ccccc1.CC(C)C(=O)O. The molecule has 0 saturated heterocycles. The molecule has 20 heavy (non-hydrogen) atoms. The highest BCUT2D eigenvalue weighted by Gasteiger charge is 2.06. The number of ether oxygens (including phenoxy) is 1. The van der Waals surface area contributed by atoms with Gasteiger partial charge in [0.2, 0.25) is 0 Å². The van der Waals surface area contributed by atoms with Gasteiger partial charge in [-0.25, -0.2) is 4.79 Å². The first-order valence-corrected chi connectivity index (χ1v) is 6.45. The molecule has 4 heteroatoms. The maximum atomic E-state index is 10.8. The fourth-order valence-corrected chi connectivity index (χ4v) is 1.14. The zero-order valence-corrected chi connectivity index (χ0v) is 12.2. The molecule has 0 aliphatic carbocycles. The van der Waals surface area contributed by atoms with Crippen LogP contribution in [0.3, 0.4) is 0 Å². The van der Waals surface area contributed by atoms with Crippen LogP contribution in [-0.2, 0) is 14.3 Å². The largest absolute Gasteiger partial charge is 0.481 e. The molecule has 0 bridgehead atoms. The number of benzene rings is 1. The van der Waals surface area contributed by atoms with Crippen molar-refractivity contribution in [1.29, 1.82) is 0 Å². The van der Waals surface area contributed by atoms with E-state index < -0.39 is 5.97 Å². The molecule has 1 unspecified atom stereocenters. The minimum absolute atomic E-state index is 0.222. The van der Waals surface area contributed by atoms with Gasteiger partial charge in [0, 0.05) is 12.0 Å².